The van der Waals surface area contributed by atoms with Gasteiger partial charge in [-0.3, -0.25) is 14.5 Å². The predicted molar refractivity (Wildman–Crippen MR) is 146 cm³/mol. The van der Waals surface area contributed by atoms with Crippen molar-refractivity contribution in [1.29, 1.82) is 0 Å². The molecule has 1 atom stereocenters. The monoisotopic (exact) mass is 530 g/mol. The van der Waals surface area contributed by atoms with Crippen molar-refractivity contribution in [2.45, 2.75) is 19.9 Å². The van der Waals surface area contributed by atoms with E-state index >= 15 is 0 Å². The highest BCUT2D eigenvalue weighted by atomic mass is 32.1. The first-order valence-electron chi connectivity index (χ1n) is 12.0. The van der Waals surface area contributed by atoms with Gasteiger partial charge in [0.15, 0.2) is 5.13 Å². The molecule has 194 valence electrons. The molecule has 9 heteroatoms. The summed E-state index contributed by atoms with van der Waals surface area (Å²) >= 11 is 1.27. The zero-order valence-electron chi connectivity index (χ0n) is 21.3. The van der Waals surface area contributed by atoms with Crippen molar-refractivity contribution < 1.29 is 28.9 Å². The molecule has 2 heterocycles. The lowest BCUT2D eigenvalue weighted by Gasteiger charge is -2.23. The van der Waals surface area contributed by atoms with E-state index in [1.165, 1.54) is 16.2 Å². The Morgan fingerprint density at radius 2 is 1.74 bits per heavy atom. The molecule has 1 aliphatic heterocycles. The third kappa shape index (κ3) is 4.35. The Labute approximate surface area is 223 Å². The molecule has 1 fully saturated rings. The zero-order chi connectivity index (χ0) is 27.0. The fourth-order valence-electron chi connectivity index (χ4n) is 4.56. The quantitative estimate of drug-likeness (QED) is 0.187. The van der Waals surface area contributed by atoms with E-state index < -0.39 is 17.7 Å². The summed E-state index contributed by atoms with van der Waals surface area (Å²) in [5, 5.41) is 11.8. The standard InChI is InChI=1S/C29H26N2O6S/c1-5-37-19-9-6-17(7-10-19)25-24(26(32)18-8-13-22(36-4)16(2)14-18)27(33)28(34)31(25)29-30-21-12-11-20(35-3)15-23(21)38-29/h6-15,25,32H,5H2,1-4H3/t25-/m1/s1. The lowest BCUT2D eigenvalue weighted by molar-refractivity contribution is -0.132. The molecule has 0 spiro atoms. The summed E-state index contributed by atoms with van der Waals surface area (Å²) < 4.78 is 17.0. The fourth-order valence-corrected chi connectivity index (χ4v) is 5.58. The number of hydrogen-bond acceptors (Lipinski definition) is 8. The molecule has 1 saturated heterocycles. The Bertz CT molecular complexity index is 1570. The van der Waals surface area contributed by atoms with Crippen molar-refractivity contribution in [2.24, 2.45) is 0 Å². The average molecular weight is 531 g/mol. The van der Waals surface area contributed by atoms with Crippen molar-refractivity contribution in [3.05, 3.63) is 82.9 Å². The number of anilines is 1. The number of carbonyl (C=O) groups excluding carboxylic acids is 2. The molecular formula is C29H26N2O6S. The van der Waals surface area contributed by atoms with E-state index in [-0.39, 0.29) is 11.3 Å². The topological polar surface area (TPSA) is 98.2 Å². The molecule has 1 N–H and O–H groups in total. The van der Waals surface area contributed by atoms with Crippen molar-refractivity contribution in [1.82, 2.24) is 4.98 Å². The molecule has 3 aromatic carbocycles. The van der Waals surface area contributed by atoms with Gasteiger partial charge in [-0.1, -0.05) is 23.5 Å². The number of ketones is 1. The molecule has 1 amide bonds. The van der Waals surface area contributed by atoms with Crippen LogP contribution < -0.4 is 19.1 Å². The average Bonchev–Trinajstić information content (AvgIpc) is 3.46. The van der Waals surface area contributed by atoms with Crippen molar-refractivity contribution in [2.75, 3.05) is 25.7 Å². The second kappa shape index (κ2) is 10.2. The normalized spacial score (nSPS) is 16.7. The van der Waals surface area contributed by atoms with Crippen LogP contribution in [0.1, 0.15) is 29.7 Å². The van der Waals surface area contributed by atoms with Crippen LogP contribution in [0.3, 0.4) is 0 Å². The van der Waals surface area contributed by atoms with E-state index in [1.54, 1.807) is 68.8 Å². The number of ether oxygens (including phenoxy) is 3. The first-order chi connectivity index (χ1) is 18.4. The van der Waals surface area contributed by atoms with Crippen LogP contribution in [0, 0.1) is 6.92 Å². The van der Waals surface area contributed by atoms with Crippen LogP contribution in [-0.2, 0) is 9.59 Å². The number of aliphatic hydroxyl groups is 1. The number of nitrogens with zero attached hydrogens (tertiary/aromatic N) is 2. The Morgan fingerprint density at radius 3 is 2.39 bits per heavy atom. The summed E-state index contributed by atoms with van der Waals surface area (Å²) in [6.45, 7) is 4.24. The maximum atomic E-state index is 13.5. The molecule has 4 aromatic rings. The summed E-state index contributed by atoms with van der Waals surface area (Å²) in [5.74, 6) is 0.153. The van der Waals surface area contributed by atoms with E-state index in [4.69, 9.17) is 14.2 Å². The number of aliphatic hydroxyl groups excluding tert-OH is 1. The molecule has 1 aromatic heterocycles. The number of methoxy groups -OCH3 is 2. The molecule has 0 radical (unpaired) electrons. The lowest BCUT2D eigenvalue weighted by Crippen LogP contribution is -2.29. The smallest absolute Gasteiger partial charge is 0.301 e. The number of aryl methyl sites for hydroxylation is 1. The largest absolute Gasteiger partial charge is 0.507 e. The number of aromatic nitrogens is 1. The SMILES string of the molecule is CCOc1ccc([C@@H]2C(=C(O)c3ccc(OC)c(C)c3)C(=O)C(=O)N2c2nc3ccc(OC)cc3s2)cc1. The van der Waals surface area contributed by atoms with Crippen LogP contribution >= 0.6 is 11.3 Å². The summed E-state index contributed by atoms with van der Waals surface area (Å²) in [4.78, 5) is 33.0. The van der Waals surface area contributed by atoms with Gasteiger partial charge in [-0.15, -0.1) is 0 Å². The van der Waals surface area contributed by atoms with E-state index in [2.05, 4.69) is 4.98 Å². The number of fused-ring (bicyclic) bond motifs is 1. The third-order valence-electron chi connectivity index (χ3n) is 6.41. The summed E-state index contributed by atoms with van der Waals surface area (Å²) in [7, 11) is 3.14. The van der Waals surface area contributed by atoms with Gasteiger partial charge in [0.25, 0.3) is 5.78 Å². The van der Waals surface area contributed by atoms with Crippen LogP contribution in [-0.4, -0.2) is 42.6 Å². The van der Waals surface area contributed by atoms with Crippen molar-refractivity contribution >= 4 is 44.1 Å². The number of hydrogen-bond donors (Lipinski definition) is 1. The highest BCUT2D eigenvalue weighted by molar-refractivity contribution is 7.22. The zero-order valence-corrected chi connectivity index (χ0v) is 22.2. The molecular weight excluding hydrogens is 504 g/mol. The van der Waals surface area contributed by atoms with Crippen LogP contribution in [0.5, 0.6) is 17.2 Å². The summed E-state index contributed by atoms with van der Waals surface area (Å²) in [6.07, 6.45) is 0. The Kier molecular flexibility index (Phi) is 6.77. The lowest BCUT2D eigenvalue weighted by atomic mass is 9.95. The van der Waals surface area contributed by atoms with E-state index in [1.807, 2.05) is 19.9 Å². The highest BCUT2D eigenvalue weighted by Gasteiger charge is 2.48. The molecule has 0 aliphatic carbocycles. The minimum atomic E-state index is -0.893. The molecule has 0 saturated carbocycles. The maximum Gasteiger partial charge on any atom is 0.301 e. The molecule has 1 aliphatic rings. The number of Topliss-reactive ketones (excluding diaryl/α,β-unsaturated/α-hetero) is 1. The number of rotatable bonds is 7. The maximum absolute atomic E-state index is 13.5. The van der Waals surface area contributed by atoms with Gasteiger partial charge >= 0.3 is 5.91 Å². The van der Waals surface area contributed by atoms with Gasteiger partial charge in [-0.25, -0.2) is 4.98 Å². The van der Waals surface area contributed by atoms with Gasteiger partial charge in [-0.05, 0) is 73.5 Å². The fraction of sp³-hybridized carbons (Fsp3) is 0.207. The van der Waals surface area contributed by atoms with Gasteiger partial charge in [0, 0.05) is 5.56 Å². The molecule has 8 nitrogen and oxygen atoms in total. The van der Waals surface area contributed by atoms with Crippen molar-refractivity contribution in [3.63, 3.8) is 0 Å². The Balaban J connectivity index is 1.69. The first kappa shape index (κ1) is 25.3. The summed E-state index contributed by atoms with van der Waals surface area (Å²) in [5.41, 5.74) is 2.48. The van der Waals surface area contributed by atoms with Crippen LogP contribution in [0.25, 0.3) is 16.0 Å². The Hall–Kier alpha value is -4.37. The predicted octanol–water partition coefficient (Wildman–Crippen LogP) is 5.65. The second-order valence-corrected chi connectivity index (χ2v) is 9.69. The van der Waals surface area contributed by atoms with Crippen molar-refractivity contribution in [3.8, 4) is 17.2 Å². The minimum absolute atomic E-state index is 0.0134. The summed E-state index contributed by atoms with van der Waals surface area (Å²) in [6, 6.07) is 16.8. The Morgan fingerprint density at radius 1 is 1.00 bits per heavy atom. The third-order valence-corrected chi connectivity index (χ3v) is 7.43. The second-order valence-electron chi connectivity index (χ2n) is 8.69. The number of benzene rings is 3. The minimum Gasteiger partial charge on any atom is -0.507 e. The molecule has 5 rings (SSSR count). The van der Waals surface area contributed by atoms with E-state index in [9.17, 15) is 14.7 Å². The van der Waals surface area contributed by atoms with Gasteiger partial charge in [0.2, 0.25) is 0 Å². The highest BCUT2D eigenvalue weighted by Crippen LogP contribution is 2.45. The first-order valence-corrected chi connectivity index (χ1v) is 12.8. The van der Waals surface area contributed by atoms with Crippen LogP contribution in [0.4, 0.5) is 5.13 Å². The molecule has 0 unspecified atom stereocenters. The van der Waals surface area contributed by atoms with Gasteiger partial charge < -0.3 is 19.3 Å². The number of carbonyl (C=O) groups is 2. The van der Waals surface area contributed by atoms with E-state index in [0.29, 0.717) is 45.6 Å². The van der Waals surface area contributed by atoms with Crippen LogP contribution in [0.15, 0.2) is 66.2 Å². The van der Waals surface area contributed by atoms with E-state index in [0.717, 1.165) is 10.3 Å². The number of amides is 1. The van der Waals surface area contributed by atoms with Gasteiger partial charge in [0.05, 0.1) is 42.7 Å². The van der Waals surface area contributed by atoms with Gasteiger partial charge in [0.1, 0.15) is 23.0 Å². The molecule has 0 bridgehead atoms. The van der Waals surface area contributed by atoms with Gasteiger partial charge in [-0.2, -0.15) is 0 Å². The number of thiazole rings is 1. The van der Waals surface area contributed by atoms with Crippen LogP contribution in [0.2, 0.25) is 0 Å². The molecule has 38 heavy (non-hydrogen) atoms.